The summed E-state index contributed by atoms with van der Waals surface area (Å²) >= 11 is 0. The van der Waals surface area contributed by atoms with E-state index < -0.39 is 0 Å². The lowest BCUT2D eigenvalue weighted by Gasteiger charge is -2.40. The Labute approximate surface area is 120 Å². The van der Waals surface area contributed by atoms with E-state index in [-0.39, 0.29) is 11.9 Å². The van der Waals surface area contributed by atoms with Gasteiger partial charge in [-0.3, -0.25) is 4.79 Å². The van der Waals surface area contributed by atoms with Gasteiger partial charge in [-0.25, -0.2) is 0 Å². The van der Waals surface area contributed by atoms with Gasteiger partial charge in [0.15, 0.2) is 0 Å². The van der Waals surface area contributed by atoms with Crippen molar-refractivity contribution >= 4 is 11.6 Å². The summed E-state index contributed by atoms with van der Waals surface area (Å²) in [6.45, 7) is 4.84. The molecule has 1 saturated heterocycles. The number of aryl methyl sites for hydroxylation is 1. The summed E-state index contributed by atoms with van der Waals surface area (Å²) in [7, 11) is 2.13. The van der Waals surface area contributed by atoms with E-state index in [4.69, 9.17) is 0 Å². The van der Waals surface area contributed by atoms with Crippen molar-refractivity contribution in [2.75, 3.05) is 32.0 Å². The van der Waals surface area contributed by atoms with Crippen LogP contribution in [0.5, 0.6) is 0 Å². The highest BCUT2D eigenvalue weighted by Crippen LogP contribution is 2.25. The molecule has 2 heterocycles. The minimum Gasteiger partial charge on any atom is -0.373 e. The number of nitrogens with zero attached hydrogens (tertiary/aromatic N) is 2. The maximum absolute atomic E-state index is 12.7. The Morgan fingerprint density at radius 2 is 2.10 bits per heavy atom. The van der Waals surface area contributed by atoms with Crippen molar-refractivity contribution in [1.29, 1.82) is 0 Å². The van der Waals surface area contributed by atoms with Crippen molar-refractivity contribution in [3.63, 3.8) is 0 Å². The molecule has 0 aliphatic carbocycles. The number of hydrogen-bond acceptors (Lipinski definition) is 3. The molecule has 0 spiro atoms. The summed E-state index contributed by atoms with van der Waals surface area (Å²) in [6, 6.07) is 8.69. The van der Waals surface area contributed by atoms with E-state index >= 15 is 0 Å². The van der Waals surface area contributed by atoms with Gasteiger partial charge in [0, 0.05) is 31.4 Å². The molecule has 1 amide bonds. The first kappa shape index (κ1) is 13.4. The standard InChI is InChI=1S/C16H23N3O/c1-12-11-19(10-9-18(12)2)16(20)15-8-7-13-5-3-4-6-14(13)17-15/h3-6,12,15,17H,7-11H2,1-2H3. The van der Waals surface area contributed by atoms with Gasteiger partial charge in [-0.2, -0.15) is 0 Å². The van der Waals surface area contributed by atoms with E-state index in [0.29, 0.717) is 6.04 Å². The predicted octanol–water partition coefficient (Wildman–Crippen LogP) is 1.58. The van der Waals surface area contributed by atoms with Crippen LogP contribution in [0.2, 0.25) is 0 Å². The Bertz CT molecular complexity index is 502. The van der Waals surface area contributed by atoms with E-state index in [1.165, 1.54) is 5.56 Å². The lowest BCUT2D eigenvalue weighted by atomic mass is 9.97. The maximum atomic E-state index is 12.7. The normalized spacial score (nSPS) is 26.8. The number of rotatable bonds is 1. The van der Waals surface area contributed by atoms with Crippen LogP contribution >= 0.6 is 0 Å². The van der Waals surface area contributed by atoms with E-state index in [2.05, 4.69) is 42.4 Å². The summed E-state index contributed by atoms with van der Waals surface area (Å²) in [5, 5.41) is 3.42. The molecule has 2 unspecified atom stereocenters. The lowest BCUT2D eigenvalue weighted by Crippen LogP contribution is -2.55. The van der Waals surface area contributed by atoms with Crippen LogP contribution in [-0.4, -0.2) is 54.5 Å². The van der Waals surface area contributed by atoms with Crippen LogP contribution in [0.15, 0.2) is 24.3 Å². The predicted molar refractivity (Wildman–Crippen MR) is 80.8 cm³/mol. The number of carbonyl (C=O) groups excluding carboxylic acids is 1. The number of nitrogens with one attached hydrogen (secondary N) is 1. The number of fused-ring (bicyclic) bond motifs is 1. The van der Waals surface area contributed by atoms with Gasteiger partial charge in [0.1, 0.15) is 6.04 Å². The molecule has 20 heavy (non-hydrogen) atoms. The van der Waals surface area contributed by atoms with Gasteiger partial charge in [-0.05, 0) is 38.4 Å². The highest BCUT2D eigenvalue weighted by Gasteiger charge is 2.31. The monoisotopic (exact) mass is 273 g/mol. The molecule has 1 N–H and O–H groups in total. The quantitative estimate of drug-likeness (QED) is 0.844. The first-order chi connectivity index (χ1) is 9.65. The summed E-state index contributed by atoms with van der Waals surface area (Å²) in [5.74, 6) is 0.263. The highest BCUT2D eigenvalue weighted by atomic mass is 16.2. The van der Waals surface area contributed by atoms with Crippen LogP contribution in [0.4, 0.5) is 5.69 Å². The number of piperazine rings is 1. The summed E-state index contributed by atoms with van der Waals surface area (Å²) in [5.41, 5.74) is 2.45. The Kier molecular flexibility index (Phi) is 3.66. The zero-order valence-corrected chi connectivity index (χ0v) is 12.3. The first-order valence-electron chi connectivity index (χ1n) is 7.48. The molecule has 4 heteroatoms. The van der Waals surface area contributed by atoms with Crippen LogP contribution < -0.4 is 5.32 Å². The van der Waals surface area contributed by atoms with Gasteiger partial charge in [0.25, 0.3) is 0 Å². The maximum Gasteiger partial charge on any atom is 0.245 e. The summed E-state index contributed by atoms with van der Waals surface area (Å²) in [6.07, 6.45) is 1.89. The van der Waals surface area contributed by atoms with Crippen molar-refractivity contribution in [2.45, 2.75) is 31.8 Å². The third-order valence-electron chi connectivity index (χ3n) is 4.62. The molecule has 3 rings (SSSR count). The average Bonchev–Trinajstić information content (AvgIpc) is 2.49. The fraction of sp³-hybridized carbons (Fsp3) is 0.562. The number of amides is 1. The molecule has 2 aliphatic heterocycles. The molecule has 1 aromatic rings. The number of hydrogen-bond donors (Lipinski definition) is 1. The van der Waals surface area contributed by atoms with E-state index in [1.807, 2.05) is 11.0 Å². The third-order valence-corrected chi connectivity index (χ3v) is 4.62. The number of anilines is 1. The van der Waals surface area contributed by atoms with Crippen LogP contribution in [0.1, 0.15) is 18.9 Å². The molecule has 4 nitrogen and oxygen atoms in total. The molecule has 2 atom stereocenters. The molecular weight excluding hydrogens is 250 g/mol. The number of para-hydroxylation sites is 1. The van der Waals surface area contributed by atoms with Crippen LogP contribution in [0.25, 0.3) is 0 Å². The Morgan fingerprint density at radius 3 is 2.90 bits per heavy atom. The minimum absolute atomic E-state index is 0.0551. The molecular formula is C16H23N3O. The van der Waals surface area contributed by atoms with E-state index in [1.54, 1.807) is 0 Å². The zero-order chi connectivity index (χ0) is 14.1. The molecule has 0 aromatic heterocycles. The molecule has 0 bridgehead atoms. The second-order valence-electron chi connectivity index (χ2n) is 6.01. The number of carbonyl (C=O) groups is 1. The number of benzene rings is 1. The zero-order valence-electron chi connectivity index (χ0n) is 12.3. The SMILES string of the molecule is CC1CN(C(=O)C2CCc3ccccc3N2)CCN1C. The fourth-order valence-electron chi connectivity index (χ4n) is 3.09. The van der Waals surface area contributed by atoms with Crippen LogP contribution in [0.3, 0.4) is 0 Å². The Morgan fingerprint density at radius 1 is 1.30 bits per heavy atom. The third kappa shape index (κ3) is 2.52. The molecule has 2 aliphatic rings. The fourth-order valence-corrected chi connectivity index (χ4v) is 3.09. The molecule has 0 saturated carbocycles. The van der Waals surface area contributed by atoms with Gasteiger partial charge in [-0.1, -0.05) is 18.2 Å². The second kappa shape index (κ2) is 5.44. The van der Waals surface area contributed by atoms with E-state index in [9.17, 15) is 4.79 Å². The number of likely N-dealkylation sites (N-methyl/N-ethyl adjacent to an activating group) is 1. The molecule has 1 aromatic carbocycles. The van der Waals surface area contributed by atoms with Gasteiger partial charge in [-0.15, -0.1) is 0 Å². The molecule has 1 fully saturated rings. The van der Waals surface area contributed by atoms with Crippen molar-refractivity contribution in [1.82, 2.24) is 9.80 Å². The van der Waals surface area contributed by atoms with Crippen molar-refractivity contribution in [3.05, 3.63) is 29.8 Å². The Balaban J connectivity index is 1.67. The van der Waals surface area contributed by atoms with Crippen LogP contribution in [0, 0.1) is 0 Å². The lowest BCUT2D eigenvalue weighted by molar-refractivity contribution is -0.134. The van der Waals surface area contributed by atoms with Gasteiger partial charge >= 0.3 is 0 Å². The minimum atomic E-state index is -0.0551. The van der Waals surface area contributed by atoms with Gasteiger partial charge < -0.3 is 15.1 Å². The van der Waals surface area contributed by atoms with Crippen molar-refractivity contribution in [2.24, 2.45) is 0 Å². The molecule has 0 radical (unpaired) electrons. The smallest absolute Gasteiger partial charge is 0.245 e. The Hall–Kier alpha value is -1.55. The first-order valence-corrected chi connectivity index (χ1v) is 7.48. The largest absolute Gasteiger partial charge is 0.373 e. The van der Waals surface area contributed by atoms with Crippen molar-refractivity contribution < 1.29 is 4.79 Å². The van der Waals surface area contributed by atoms with Crippen molar-refractivity contribution in [3.8, 4) is 0 Å². The van der Waals surface area contributed by atoms with Crippen LogP contribution in [-0.2, 0) is 11.2 Å². The highest BCUT2D eigenvalue weighted by molar-refractivity contribution is 5.85. The van der Waals surface area contributed by atoms with Gasteiger partial charge in [0.2, 0.25) is 5.91 Å². The average molecular weight is 273 g/mol. The summed E-state index contributed by atoms with van der Waals surface area (Å²) < 4.78 is 0. The second-order valence-corrected chi connectivity index (χ2v) is 6.01. The topological polar surface area (TPSA) is 35.6 Å². The van der Waals surface area contributed by atoms with Gasteiger partial charge in [0.05, 0.1) is 0 Å². The van der Waals surface area contributed by atoms with E-state index in [0.717, 1.165) is 38.2 Å². The molecule has 108 valence electrons. The summed E-state index contributed by atoms with van der Waals surface area (Å²) in [4.78, 5) is 17.0.